The molecule has 0 radical (unpaired) electrons. The fraction of sp³-hybridized carbons (Fsp3) is 0.692. The predicted octanol–water partition coefficient (Wildman–Crippen LogP) is 1.07. The van der Waals surface area contributed by atoms with E-state index in [9.17, 15) is 4.79 Å². The molecule has 0 spiro atoms. The number of aromatic nitrogens is 2. The molecule has 1 unspecified atom stereocenters. The molecule has 108 valence electrons. The van der Waals surface area contributed by atoms with Gasteiger partial charge in [-0.3, -0.25) is 9.48 Å². The molecule has 6 heteroatoms. The van der Waals surface area contributed by atoms with Crippen molar-refractivity contribution in [3.05, 3.63) is 17.0 Å². The van der Waals surface area contributed by atoms with Crippen molar-refractivity contribution in [3.63, 3.8) is 0 Å². The van der Waals surface area contributed by atoms with E-state index in [0.717, 1.165) is 42.9 Å². The van der Waals surface area contributed by atoms with Crippen molar-refractivity contribution >= 4 is 18.3 Å². The quantitative estimate of drug-likeness (QED) is 0.874. The Labute approximate surface area is 120 Å². The molecule has 2 N–H and O–H groups in total. The first-order chi connectivity index (χ1) is 8.59. The van der Waals surface area contributed by atoms with Crippen LogP contribution in [0.3, 0.4) is 0 Å². The van der Waals surface area contributed by atoms with E-state index in [1.54, 1.807) is 0 Å². The number of nitrogens with one attached hydrogen (secondary N) is 2. The van der Waals surface area contributed by atoms with Crippen molar-refractivity contribution < 1.29 is 4.79 Å². The molecule has 0 aliphatic carbocycles. The van der Waals surface area contributed by atoms with Gasteiger partial charge in [-0.15, -0.1) is 12.4 Å². The topological polar surface area (TPSA) is 59.0 Å². The van der Waals surface area contributed by atoms with Crippen molar-refractivity contribution in [3.8, 4) is 0 Å². The van der Waals surface area contributed by atoms with Crippen LogP contribution in [0.5, 0.6) is 0 Å². The third kappa shape index (κ3) is 3.70. The third-order valence-electron chi connectivity index (χ3n) is 3.77. The Morgan fingerprint density at radius 2 is 2.26 bits per heavy atom. The van der Waals surface area contributed by atoms with E-state index >= 15 is 0 Å². The summed E-state index contributed by atoms with van der Waals surface area (Å²) < 4.78 is 1.86. The minimum atomic E-state index is 0. The number of halogens is 1. The number of aryl methyl sites for hydroxylation is 2. The average Bonchev–Trinajstić information content (AvgIpc) is 2.62. The molecule has 1 aliphatic rings. The van der Waals surface area contributed by atoms with Crippen molar-refractivity contribution in [2.75, 3.05) is 13.1 Å². The maximum atomic E-state index is 12.0. The largest absolute Gasteiger partial charge is 0.352 e. The first-order valence-corrected chi connectivity index (χ1v) is 6.57. The van der Waals surface area contributed by atoms with Crippen molar-refractivity contribution in [1.29, 1.82) is 0 Å². The van der Waals surface area contributed by atoms with Gasteiger partial charge in [0, 0.05) is 31.4 Å². The zero-order chi connectivity index (χ0) is 13.1. The van der Waals surface area contributed by atoms with E-state index in [-0.39, 0.29) is 24.2 Å². The lowest BCUT2D eigenvalue weighted by Crippen LogP contribution is -2.40. The molecule has 0 aromatic carbocycles. The molecule has 1 amide bonds. The van der Waals surface area contributed by atoms with Crippen LogP contribution in [0.1, 0.15) is 29.8 Å². The Balaban J connectivity index is 0.00000180. The number of amides is 1. The molecule has 2 heterocycles. The lowest BCUT2D eigenvalue weighted by atomic mass is 9.99. The van der Waals surface area contributed by atoms with E-state index < -0.39 is 0 Å². The second-order valence-corrected chi connectivity index (χ2v) is 5.03. The highest BCUT2D eigenvalue weighted by molar-refractivity contribution is 5.85. The normalized spacial score (nSPS) is 18.8. The second kappa shape index (κ2) is 6.91. The number of hydrogen-bond donors (Lipinski definition) is 2. The van der Waals surface area contributed by atoms with Gasteiger partial charge >= 0.3 is 0 Å². The molecule has 1 aliphatic heterocycles. The van der Waals surface area contributed by atoms with Gasteiger partial charge in [-0.25, -0.2) is 0 Å². The van der Waals surface area contributed by atoms with Crippen LogP contribution in [-0.2, 0) is 18.4 Å². The standard InChI is InChI=1S/C13H22N4O.ClH/c1-9-12(10(2)17(3)16-9)8-15-13(18)11-5-4-6-14-7-11;/h11,14H,4-8H2,1-3H3,(H,15,18);1H. The monoisotopic (exact) mass is 286 g/mol. The summed E-state index contributed by atoms with van der Waals surface area (Å²) in [6.45, 7) is 6.43. The number of carbonyl (C=O) groups is 1. The van der Waals surface area contributed by atoms with Gasteiger partial charge in [-0.1, -0.05) is 0 Å². The summed E-state index contributed by atoms with van der Waals surface area (Å²) in [7, 11) is 1.93. The molecule has 1 fully saturated rings. The smallest absolute Gasteiger partial charge is 0.224 e. The maximum absolute atomic E-state index is 12.0. The summed E-state index contributed by atoms with van der Waals surface area (Å²) in [5.74, 6) is 0.279. The van der Waals surface area contributed by atoms with Crippen LogP contribution in [-0.4, -0.2) is 28.8 Å². The first-order valence-electron chi connectivity index (χ1n) is 6.57. The number of piperidine rings is 1. The van der Waals surface area contributed by atoms with E-state index in [4.69, 9.17) is 0 Å². The van der Waals surface area contributed by atoms with Gasteiger partial charge in [0.2, 0.25) is 5.91 Å². The molecular weight excluding hydrogens is 264 g/mol. The first kappa shape index (κ1) is 16.0. The van der Waals surface area contributed by atoms with Gasteiger partial charge in [0.25, 0.3) is 0 Å². The van der Waals surface area contributed by atoms with Crippen LogP contribution in [0, 0.1) is 19.8 Å². The fourth-order valence-corrected chi connectivity index (χ4v) is 2.47. The minimum absolute atomic E-state index is 0. The van der Waals surface area contributed by atoms with Gasteiger partial charge in [0.15, 0.2) is 0 Å². The SMILES string of the molecule is Cc1nn(C)c(C)c1CNC(=O)C1CCCNC1.Cl. The second-order valence-electron chi connectivity index (χ2n) is 5.03. The Hall–Kier alpha value is -1.07. The summed E-state index contributed by atoms with van der Waals surface area (Å²) in [6.07, 6.45) is 2.08. The molecule has 5 nitrogen and oxygen atoms in total. The molecule has 1 aromatic rings. The maximum Gasteiger partial charge on any atom is 0.224 e. The fourth-order valence-electron chi connectivity index (χ4n) is 2.47. The van der Waals surface area contributed by atoms with Gasteiger partial charge in [-0.2, -0.15) is 5.10 Å². The average molecular weight is 287 g/mol. The van der Waals surface area contributed by atoms with Crippen molar-refractivity contribution in [2.45, 2.75) is 33.2 Å². The zero-order valence-electron chi connectivity index (χ0n) is 11.8. The van der Waals surface area contributed by atoms with Crippen molar-refractivity contribution in [1.82, 2.24) is 20.4 Å². The highest BCUT2D eigenvalue weighted by Crippen LogP contribution is 2.13. The summed E-state index contributed by atoms with van der Waals surface area (Å²) in [5.41, 5.74) is 3.25. The van der Waals surface area contributed by atoms with E-state index in [0.29, 0.717) is 6.54 Å². The molecule has 1 atom stereocenters. The van der Waals surface area contributed by atoms with E-state index in [2.05, 4.69) is 15.7 Å². The Morgan fingerprint density at radius 3 is 2.79 bits per heavy atom. The highest BCUT2D eigenvalue weighted by Gasteiger charge is 2.21. The Bertz CT molecular complexity index is 438. The molecule has 2 rings (SSSR count). The minimum Gasteiger partial charge on any atom is -0.352 e. The molecule has 1 aromatic heterocycles. The van der Waals surface area contributed by atoms with Gasteiger partial charge in [-0.05, 0) is 33.2 Å². The summed E-state index contributed by atoms with van der Waals surface area (Å²) in [5, 5.41) is 10.6. The van der Waals surface area contributed by atoms with E-state index in [1.165, 1.54) is 0 Å². The molecule has 0 saturated carbocycles. The predicted molar refractivity (Wildman–Crippen MR) is 77.4 cm³/mol. The van der Waals surface area contributed by atoms with Crippen LogP contribution in [0.15, 0.2) is 0 Å². The van der Waals surface area contributed by atoms with Crippen LogP contribution >= 0.6 is 12.4 Å². The molecule has 0 bridgehead atoms. The molecular formula is C13H23ClN4O. The zero-order valence-corrected chi connectivity index (χ0v) is 12.6. The van der Waals surface area contributed by atoms with Gasteiger partial charge in [0.1, 0.15) is 0 Å². The van der Waals surface area contributed by atoms with Crippen LogP contribution in [0.25, 0.3) is 0 Å². The highest BCUT2D eigenvalue weighted by atomic mass is 35.5. The van der Waals surface area contributed by atoms with Crippen LogP contribution in [0.2, 0.25) is 0 Å². The Morgan fingerprint density at radius 1 is 1.53 bits per heavy atom. The summed E-state index contributed by atoms with van der Waals surface area (Å²) in [6, 6.07) is 0. The molecule has 1 saturated heterocycles. The lowest BCUT2D eigenvalue weighted by Gasteiger charge is -2.21. The number of rotatable bonds is 3. The van der Waals surface area contributed by atoms with Crippen LogP contribution in [0.4, 0.5) is 0 Å². The summed E-state index contributed by atoms with van der Waals surface area (Å²) in [4.78, 5) is 12.0. The Kier molecular flexibility index (Phi) is 5.82. The van der Waals surface area contributed by atoms with E-state index in [1.807, 2.05) is 25.6 Å². The van der Waals surface area contributed by atoms with Crippen LogP contribution < -0.4 is 10.6 Å². The lowest BCUT2D eigenvalue weighted by molar-refractivity contribution is -0.125. The number of carbonyl (C=O) groups excluding carboxylic acids is 1. The number of nitrogens with zero attached hydrogens (tertiary/aromatic N) is 2. The molecule has 19 heavy (non-hydrogen) atoms. The van der Waals surface area contributed by atoms with Crippen molar-refractivity contribution in [2.24, 2.45) is 13.0 Å². The summed E-state index contributed by atoms with van der Waals surface area (Å²) >= 11 is 0. The third-order valence-corrected chi connectivity index (χ3v) is 3.77. The van der Waals surface area contributed by atoms with Gasteiger partial charge in [0.05, 0.1) is 11.6 Å². The van der Waals surface area contributed by atoms with Gasteiger partial charge < -0.3 is 10.6 Å². The number of hydrogen-bond acceptors (Lipinski definition) is 3.